The van der Waals surface area contributed by atoms with Gasteiger partial charge in [-0.15, -0.1) is 0 Å². The monoisotopic (exact) mass is 275 g/mol. The number of benzene rings is 1. The first kappa shape index (κ1) is 15.0. The molecule has 0 aromatic heterocycles. The quantitative estimate of drug-likeness (QED) is 0.834. The second-order valence-electron chi connectivity index (χ2n) is 5.65. The number of anilines is 1. The summed E-state index contributed by atoms with van der Waals surface area (Å²) >= 11 is 0. The fraction of sp³-hybridized carbons (Fsp3) is 0.562. The number of aryl methyl sites for hydroxylation is 1. The smallest absolute Gasteiger partial charge is 0.224 e. The summed E-state index contributed by atoms with van der Waals surface area (Å²) in [6, 6.07) is 8.55. The van der Waals surface area contributed by atoms with Crippen molar-refractivity contribution in [3.63, 3.8) is 0 Å². The molecule has 1 atom stereocenters. The van der Waals surface area contributed by atoms with Crippen LogP contribution in [0.25, 0.3) is 0 Å². The lowest BCUT2D eigenvalue weighted by molar-refractivity contribution is -0.116. The summed E-state index contributed by atoms with van der Waals surface area (Å²) in [5.41, 5.74) is 2.06. The van der Waals surface area contributed by atoms with Gasteiger partial charge in [-0.25, -0.2) is 0 Å². The van der Waals surface area contributed by atoms with Crippen LogP contribution in [0.4, 0.5) is 5.69 Å². The average molecular weight is 275 g/mol. The number of hydrogen-bond donors (Lipinski definition) is 2. The molecule has 0 spiro atoms. The van der Waals surface area contributed by atoms with E-state index in [-0.39, 0.29) is 5.91 Å². The van der Waals surface area contributed by atoms with Gasteiger partial charge >= 0.3 is 0 Å². The molecular weight excluding hydrogens is 250 g/mol. The molecular formula is C16H25N3O. The van der Waals surface area contributed by atoms with Crippen LogP contribution in [-0.2, 0) is 4.79 Å². The molecule has 1 amide bonds. The van der Waals surface area contributed by atoms with Gasteiger partial charge in [0.2, 0.25) is 5.91 Å². The Bertz CT molecular complexity index is 441. The van der Waals surface area contributed by atoms with Gasteiger partial charge in [0.25, 0.3) is 0 Å². The fourth-order valence-electron chi connectivity index (χ4n) is 2.63. The molecule has 4 nitrogen and oxygen atoms in total. The van der Waals surface area contributed by atoms with E-state index in [4.69, 9.17) is 0 Å². The molecule has 1 saturated heterocycles. The third-order valence-corrected chi connectivity index (χ3v) is 3.87. The maximum Gasteiger partial charge on any atom is 0.224 e. The molecule has 0 bridgehead atoms. The largest absolute Gasteiger partial charge is 0.326 e. The number of nitrogens with zero attached hydrogens (tertiary/aromatic N) is 1. The van der Waals surface area contributed by atoms with Gasteiger partial charge in [0.1, 0.15) is 0 Å². The first-order valence-electron chi connectivity index (χ1n) is 7.42. The van der Waals surface area contributed by atoms with Crippen LogP contribution in [0.1, 0.15) is 24.8 Å². The zero-order valence-electron chi connectivity index (χ0n) is 12.5. The Morgan fingerprint density at radius 1 is 1.50 bits per heavy atom. The van der Waals surface area contributed by atoms with Gasteiger partial charge in [-0.2, -0.15) is 0 Å². The van der Waals surface area contributed by atoms with E-state index in [2.05, 4.69) is 22.6 Å². The molecule has 110 valence electrons. The lowest BCUT2D eigenvalue weighted by Crippen LogP contribution is -2.34. The molecule has 0 radical (unpaired) electrons. The van der Waals surface area contributed by atoms with Gasteiger partial charge in [-0.05, 0) is 57.6 Å². The van der Waals surface area contributed by atoms with E-state index in [1.807, 2.05) is 31.2 Å². The Balaban J connectivity index is 1.67. The molecule has 1 aromatic carbocycles. The Labute approximate surface area is 121 Å². The third kappa shape index (κ3) is 4.62. The van der Waals surface area contributed by atoms with E-state index in [1.165, 1.54) is 6.42 Å². The molecule has 0 saturated carbocycles. The minimum Gasteiger partial charge on any atom is -0.326 e. The molecule has 1 aliphatic heterocycles. The van der Waals surface area contributed by atoms with Gasteiger partial charge in [0.05, 0.1) is 0 Å². The van der Waals surface area contributed by atoms with Gasteiger partial charge in [-0.3, -0.25) is 4.79 Å². The number of carbonyl (C=O) groups excluding carboxylic acids is 1. The Morgan fingerprint density at radius 3 is 3.05 bits per heavy atom. The van der Waals surface area contributed by atoms with E-state index in [0.29, 0.717) is 12.5 Å². The maximum absolute atomic E-state index is 11.9. The second-order valence-corrected chi connectivity index (χ2v) is 5.65. The van der Waals surface area contributed by atoms with Crippen molar-refractivity contribution in [2.45, 2.75) is 32.2 Å². The van der Waals surface area contributed by atoms with Crippen molar-refractivity contribution in [3.8, 4) is 0 Å². The van der Waals surface area contributed by atoms with Crippen LogP contribution >= 0.6 is 0 Å². The van der Waals surface area contributed by atoms with E-state index in [9.17, 15) is 4.79 Å². The summed E-state index contributed by atoms with van der Waals surface area (Å²) in [5, 5.41) is 6.33. The van der Waals surface area contributed by atoms with Crippen LogP contribution < -0.4 is 10.6 Å². The summed E-state index contributed by atoms with van der Waals surface area (Å²) in [5.74, 6) is 0.105. The summed E-state index contributed by atoms with van der Waals surface area (Å²) in [6.45, 7) is 5.20. The van der Waals surface area contributed by atoms with Crippen molar-refractivity contribution in [1.82, 2.24) is 10.2 Å². The molecule has 1 aliphatic rings. The topological polar surface area (TPSA) is 44.4 Å². The van der Waals surface area contributed by atoms with Crippen LogP contribution in [0, 0.1) is 6.92 Å². The first-order chi connectivity index (χ1) is 9.65. The summed E-state index contributed by atoms with van der Waals surface area (Å²) in [6.07, 6.45) is 2.70. The van der Waals surface area contributed by atoms with Crippen LogP contribution in [-0.4, -0.2) is 43.5 Å². The lowest BCUT2D eigenvalue weighted by atomic mass is 10.2. The van der Waals surface area contributed by atoms with E-state index in [1.54, 1.807) is 0 Å². The predicted octanol–water partition coefficient (Wildman–Crippen LogP) is 2.01. The molecule has 4 heteroatoms. The Kier molecular flexibility index (Phi) is 5.56. The Morgan fingerprint density at radius 2 is 2.35 bits per heavy atom. The molecule has 2 rings (SSSR count). The number of hydrogen-bond acceptors (Lipinski definition) is 3. The predicted molar refractivity (Wildman–Crippen MR) is 82.9 cm³/mol. The highest BCUT2D eigenvalue weighted by Gasteiger charge is 2.18. The number of likely N-dealkylation sites (N-methyl/N-ethyl adjacent to an activating group) is 1. The molecule has 1 fully saturated rings. The highest BCUT2D eigenvalue weighted by molar-refractivity contribution is 5.90. The van der Waals surface area contributed by atoms with Crippen molar-refractivity contribution in [2.75, 3.05) is 32.0 Å². The average Bonchev–Trinajstić information content (AvgIpc) is 2.92. The van der Waals surface area contributed by atoms with Crippen LogP contribution in [0.3, 0.4) is 0 Å². The first-order valence-corrected chi connectivity index (χ1v) is 7.42. The van der Waals surface area contributed by atoms with Crippen LogP contribution in [0.15, 0.2) is 24.3 Å². The van der Waals surface area contributed by atoms with Crippen molar-refractivity contribution < 1.29 is 4.79 Å². The van der Waals surface area contributed by atoms with Crippen LogP contribution in [0.2, 0.25) is 0 Å². The van der Waals surface area contributed by atoms with Crippen molar-refractivity contribution in [2.24, 2.45) is 0 Å². The van der Waals surface area contributed by atoms with Gasteiger partial charge in [0.15, 0.2) is 0 Å². The standard InChI is InChI=1S/C16H25N3O/c1-13-5-3-6-14(11-13)18-16(20)7-4-10-19(2)15-8-9-17-12-15/h3,5-6,11,15,17H,4,7-10,12H2,1-2H3,(H,18,20). The van der Waals surface area contributed by atoms with Crippen molar-refractivity contribution >= 4 is 11.6 Å². The third-order valence-electron chi connectivity index (χ3n) is 3.87. The molecule has 20 heavy (non-hydrogen) atoms. The van der Waals surface area contributed by atoms with Crippen molar-refractivity contribution in [1.29, 1.82) is 0 Å². The van der Waals surface area contributed by atoms with E-state index in [0.717, 1.165) is 37.3 Å². The summed E-state index contributed by atoms with van der Waals surface area (Å²) in [4.78, 5) is 14.2. The van der Waals surface area contributed by atoms with Crippen molar-refractivity contribution in [3.05, 3.63) is 29.8 Å². The van der Waals surface area contributed by atoms with Gasteiger partial charge in [0, 0.05) is 24.7 Å². The fourth-order valence-corrected chi connectivity index (χ4v) is 2.63. The maximum atomic E-state index is 11.9. The summed E-state index contributed by atoms with van der Waals surface area (Å²) < 4.78 is 0. The minimum atomic E-state index is 0.105. The van der Waals surface area contributed by atoms with Crippen LogP contribution in [0.5, 0.6) is 0 Å². The Hall–Kier alpha value is -1.39. The second kappa shape index (κ2) is 7.41. The van der Waals surface area contributed by atoms with E-state index >= 15 is 0 Å². The molecule has 1 aromatic rings. The van der Waals surface area contributed by atoms with Gasteiger partial charge < -0.3 is 15.5 Å². The summed E-state index contributed by atoms with van der Waals surface area (Å²) in [7, 11) is 2.15. The normalized spacial score (nSPS) is 18.4. The number of nitrogens with one attached hydrogen (secondary N) is 2. The number of amides is 1. The molecule has 2 N–H and O–H groups in total. The zero-order valence-corrected chi connectivity index (χ0v) is 12.5. The molecule has 0 aliphatic carbocycles. The lowest BCUT2D eigenvalue weighted by Gasteiger charge is -2.23. The highest BCUT2D eigenvalue weighted by atomic mass is 16.1. The SMILES string of the molecule is Cc1cccc(NC(=O)CCCN(C)C2CCNC2)c1. The minimum absolute atomic E-state index is 0.105. The molecule has 1 heterocycles. The molecule has 1 unspecified atom stereocenters. The zero-order chi connectivity index (χ0) is 14.4. The number of rotatable bonds is 6. The van der Waals surface area contributed by atoms with Gasteiger partial charge in [-0.1, -0.05) is 12.1 Å². The number of carbonyl (C=O) groups is 1. The van der Waals surface area contributed by atoms with E-state index < -0.39 is 0 Å². The highest BCUT2D eigenvalue weighted by Crippen LogP contribution is 2.11.